The number of rotatable bonds is 3. The van der Waals surface area contributed by atoms with Crippen molar-refractivity contribution < 1.29 is 14.3 Å². The van der Waals surface area contributed by atoms with Gasteiger partial charge in [0.1, 0.15) is 0 Å². The van der Waals surface area contributed by atoms with Crippen LogP contribution in [0.5, 0.6) is 0 Å². The van der Waals surface area contributed by atoms with Crippen molar-refractivity contribution in [2.24, 2.45) is 23.7 Å². The topological polar surface area (TPSA) is 43.4 Å². The third-order valence-electron chi connectivity index (χ3n) is 4.56. The molecule has 1 aliphatic carbocycles. The zero-order chi connectivity index (χ0) is 12.4. The fraction of sp³-hybridized carbons (Fsp3) is 0.857. The SMILES string of the molecule is CC(CC1C(=O)OC(=O)C1C)C1CCCCC1. The average Bonchev–Trinajstić information content (AvgIpc) is 2.57. The van der Waals surface area contributed by atoms with Crippen LogP contribution in [0.1, 0.15) is 52.4 Å². The molecule has 3 atom stereocenters. The summed E-state index contributed by atoms with van der Waals surface area (Å²) in [5.41, 5.74) is 0. The van der Waals surface area contributed by atoms with E-state index in [0.29, 0.717) is 5.92 Å². The largest absolute Gasteiger partial charge is 0.393 e. The maximum Gasteiger partial charge on any atom is 0.317 e. The molecule has 0 spiro atoms. The molecule has 96 valence electrons. The minimum atomic E-state index is -0.337. The Hall–Kier alpha value is -0.860. The molecule has 2 fully saturated rings. The summed E-state index contributed by atoms with van der Waals surface area (Å²) in [7, 11) is 0. The maximum absolute atomic E-state index is 11.6. The Kier molecular flexibility index (Phi) is 3.85. The Balaban J connectivity index is 1.91. The molecule has 2 aliphatic rings. The fourth-order valence-electron chi connectivity index (χ4n) is 3.23. The van der Waals surface area contributed by atoms with Crippen molar-refractivity contribution in [2.45, 2.75) is 52.4 Å². The molecule has 1 aliphatic heterocycles. The van der Waals surface area contributed by atoms with Crippen LogP contribution in [0.4, 0.5) is 0 Å². The minimum Gasteiger partial charge on any atom is -0.393 e. The van der Waals surface area contributed by atoms with Gasteiger partial charge in [0.25, 0.3) is 0 Å². The van der Waals surface area contributed by atoms with Crippen molar-refractivity contribution in [3.8, 4) is 0 Å². The van der Waals surface area contributed by atoms with Crippen molar-refractivity contribution >= 4 is 11.9 Å². The summed E-state index contributed by atoms with van der Waals surface area (Å²) in [6.45, 7) is 4.03. The lowest BCUT2D eigenvalue weighted by molar-refractivity contribution is -0.153. The van der Waals surface area contributed by atoms with E-state index in [9.17, 15) is 9.59 Å². The predicted octanol–water partition coefficient (Wildman–Crippen LogP) is 2.93. The molecule has 3 unspecified atom stereocenters. The van der Waals surface area contributed by atoms with Gasteiger partial charge in [0, 0.05) is 0 Å². The highest BCUT2D eigenvalue weighted by Gasteiger charge is 2.42. The van der Waals surface area contributed by atoms with E-state index in [-0.39, 0.29) is 23.8 Å². The van der Waals surface area contributed by atoms with Crippen LogP contribution in [0, 0.1) is 23.7 Å². The molecule has 0 radical (unpaired) electrons. The van der Waals surface area contributed by atoms with Gasteiger partial charge in [0.05, 0.1) is 11.8 Å². The quantitative estimate of drug-likeness (QED) is 0.561. The maximum atomic E-state index is 11.6. The molecular formula is C14H22O3. The average molecular weight is 238 g/mol. The van der Waals surface area contributed by atoms with Crippen LogP contribution in [-0.4, -0.2) is 11.9 Å². The number of hydrogen-bond donors (Lipinski definition) is 0. The summed E-state index contributed by atoms with van der Waals surface area (Å²) in [6.07, 6.45) is 7.37. The molecule has 1 saturated carbocycles. The second-order valence-corrected chi connectivity index (χ2v) is 5.75. The first-order valence-corrected chi connectivity index (χ1v) is 6.85. The summed E-state index contributed by atoms with van der Waals surface area (Å²) in [6, 6.07) is 0. The van der Waals surface area contributed by atoms with Crippen molar-refractivity contribution in [2.75, 3.05) is 0 Å². The van der Waals surface area contributed by atoms with Crippen LogP contribution in [0.3, 0.4) is 0 Å². The van der Waals surface area contributed by atoms with E-state index in [1.807, 2.05) is 6.92 Å². The van der Waals surface area contributed by atoms with Crippen molar-refractivity contribution in [3.63, 3.8) is 0 Å². The zero-order valence-electron chi connectivity index (χ0n) is 10.8. The van der Waals surface area contributed by atoms with E-state index in [1.165, 1.54) is 32.1 Å². The van der Waals surface area contributed by atoms with Crippen LogP contribution < -0.4 is 0 Å². The lowest BCUT2D eigenvalue weighted by Crippen LogP contribution is -2.23. The zero-order valence-corrected chi connectivity index (χ0v) is 10.8. The summed E-state index contributed by atoms with van der Waals surface area (Å²) in [5, 5.41) is 0. The Labute approximate surface area is 103 Å². The van der Waals surface area contributed by atoms with E-state index in [1.54, 1.807) is 0 Å². The predicted molar refractivity (Wildman–Crippen MR) is 64.1 cm³/mol. The number of ether oxygens (including phenoxy) is 1. The first kappa shape index (κ1) is 12.6. The van der Waals surface area contributed by atoms with Gasteiger partial charge in [0.15, 0.2) is 0 Å². The molecule has 3 heteroatoms. The molecular weight excluding hydrogens is 216 g/mol. The molecule has 0 amide bonds. The summed E-state index contributed by atoms with van der Waals surface area (Å²) in [5.74, 6) is 0.189. The van der Waals surface area contributed by atoms with Crippen LogP contribution in [0.2, 0.25) is 0 Å². The van der Waals surface area contributed by atoms with Gasteiger partial charge in [0.2, 0.25) is 0 Å². The molecule has 1 saturated heterocycles. The molecule has 2 rings (SSSR count). The highest BCUT2D eigenvalue weighted by atomic mass is 16.6. The highest BCUT2D eigenvalue weighted by molar-refractivity contribution is 5.96. The third kappa shape index (κ3) is 2.70. The highest BCUT2D eigenvalue weighted by Crippen LogP contribution is 2.36. The number of cyclic esters (lactones) is 2. The van der Waals surface area contributed by atoms with Gasteiger partial charge in [-0.1, -0.05) is 46.0 Å². The number of carbonyl (C=O) groups is 2. The Morgan fingerprint density at radius 1 is 1.18 bits per heavy atom. The third-order valence-corrected chi connectivity index (χ3v) is 4.56. The lowest BCUT2D eigenvalue weighted by atomic mass is 9.75. The van der Waals surface area contributed by atoms with E-state index in [4.69, 9.17) is 4.74 Å². The molecule has 17 heavy (non-hydrogen) atoms. The Morgan fingerprint density at radius 2 is 1.82 bits per heavy atom. The summed E-state index contributed by atoms with van der Waals surface area (Å²) < 4.78 is 4.70. The van der Waals surface area contributed by atoms with Crippen LogP contribution in [0.15, 0.2) is 0 Å². The van der Waals surface area contributed by atoms with Crippen molar-refractivity contribution in [3.05, 3.63) is 0 Å². The minimum absolute atomic E-state index is 0.195. The van der Waals surface area contributed by atoms with E-state index >= 15 is 0 Å². The van der Waals surface area contributed by atoms with E-state index < -0.39 is 0 Å². The standard InChI is InChI=1S/C14H22O3/c1-9(11-6-4-3-5-7-11)8-12-10(2)13(15)17-14(12)16/h9-12H,3-8H2,1-2H3. The van der Waals surface area contributed by atoms with Crippen LogP contribution in [0.25, 0.3) is 0 Å². The molecule has 0 aromatic rings. The van der Waals surface area contributed by atoms with Gasteiger partial charge < -0.3 is 4.74 Å². The first-order chi connectivity index (χ1) is 8.09. The van der Waals surface area contributed by atoms with E-state index in [2.05, 4.69) is 6.92 Å². The number of hydrogen-bond acceptors (Lipinski definition) is 3. The van der Waals surface area contributed by atoms with Gasteiger partial charge in [-0.05, 0) is 18.3 Å². The molecule has 0 aromatic heterocycles. The molecule has 0 aromatic carbocycles. The molecule has 3 nitrogen and oxygen atoms in total. The van der Waals surface area contributed by atoms with E-state index in [0.717, 1.165) is 12.3 Å². The first-order valence-electron chi connectivity index (χ1n) is 6.85. The Morgan fingerprint density at radius 3 is 2.35 bits per heavy atom. The normalized spacial score (nSPS) is 32.6. The van der Waals surface area contributed by atoms with Crippen molar-refractivity contribution in [1.82, 2.24) is 0 Å². The summed E-state index contributed by atoms with van der Waals surface area (Å²) in [4.78, 5) is 22.9. The monoisotopic (exact) mass is 238 g/mol. The van der Waals surface area contributed by atoms with Crippen LogP contribution >= 0.6 is 0 Å². The number of esters is 2. The smallest absolute Gasteiger partial charge is 0.317 e. The van der Waals surface area contributed by atoms with Gasteiger partial charge >= 0.3 is 11.9 Å². The molecule has 1 heterocycles. The van der Waals surface area contributed by atoms with Crippen molar-refractivity contribution in [1.29, 1.82) is 0 Å². The number of carbonyl (C=O) groups excluding carboxylic acids is 2. The van der Waals surface area contributed by atoms with Gasteiger partial charge in [-0.25, -0.2) is 0 Å². The van der Waals surface area contributed by atoms with Gasteiger partial charge in [-0.2, -0.15) is 0 Å². The van der Waals surface area contributed by atoms with Crippen LogP contribution in [-0.2, 0) is 14.3 Å². The summed E-state index contributed by atoms with van der Waals surface area (Å²) >= 11 is 0. The molecule has 0 bridgehead atoms. The fourth-order valence-corrected chi connectivity index (χ4v) is 3.23. The van der Waals surface area contributed by atoms with Gasteiger partial charge in [-0.15, -0.1) is 0 Å². The second-order valence-electron chi connectivity index (χ2n) is 5.75. The lowest BCUT2D eigenvalue weighted by Gasteiger charge is -2.29. The molecule has 0 N–H and O–H groups in total. The second kappa shape index (κ2) is 5.19. The van der Waals surface area contributed by atoms with Gasteiger partial charge in [-0.3, -0.25) is 9.59 Å². The Bertz CT molecular complexity index is 305.